The van der Waals surface area contributed by atoms with E-state index >= 15 is 0 Å². The number of carbonyl (C=O) groups is 1. The largest absolute Gasteiger partial charge is 0.481 e. The summed E-state index contributed by atoms with van der Waals surface area (Å²) in [7, 11) is 0. The van der Waals surface area contributed by atoms with Gasteiger partial charge in [0.15, 0.2) is 12.4 Å². The van der Waals surface area contributed by atoms with Crippen molar-refractivity contribution >= 4 is 33.5 Å². The van der Waals surface area contributed by atoms with Gasteiger partial charge in [0.05, 0.1) is 31.0 Å². The number of hydrogen-bond acceptors (Lipinski definition) is 8. The molecule has 6 heterocycles. The summed E-state index contributed by atoms with van der Waals surface area (Å²) in [5.41, 5.74) is 4.39. The van der Waals surface area contributed by atoms with Gasteiger partial charge in [-0.25, -0.2) is 9.97 Å². The Morgan fingerprint density at radius 1 is 1.14 bits per heavy atom. The number of alkyl halides is 3. The maximum atomic E-state index is 13.9. The lowest BCUT2D eigenvalue weighted by atomic mass is 9.72. The fourth-order valence-electron chi connectivity index (χ4n) is 7.99. The third-order valence-electron chi connectivity index (χ3n) is 10.9. The molecule has 0 atom stereocenters. The molecule has 4 aliphatic rings. The highest BCUT2D eigenvalue weighted by molar-refractivity contribution is 6.05. The van der Waals surface area contributed by atoms with Gasteiger partial charge in [-0.1, -0.05) is 19.6 Å². The molecule has 0 unspecified atom stereocenters. The number of nitrogens with one attached hydrogen (secondary N) is 1. The summed E-state index contributed by atoms with van der Waals surface area (Å²) >= 11 is 0. The molecule has 0 radical (unpaired) electrons. The molecular weight excluding hydrogens is 635 g/mol. The van der Waals surface area contributed by atoms with Crippen LogP contribution in [0.25, 0.3) is 32.9 Å². The van der Waals surface area contributed by atoms with Crippen LogP contribution < -0.4 is 9.64 Å². The van der Waals surface area contributed by atoms with Crippen molar-refractivity contribution in [3.63, 3.8) is 0 Å². The van der Waals surface area contributed by atoms with Crippen molar-refractivity contribution < 1.29 is 27.4 Å². The minimum atomic E-state index is -4.55. The number of amides is 1. The molecule has 49 heavy (non-hydrogen) atoms. The molecule has 2 aromatic heterocycles. The Hall–Kier alpha value is -4.23. The van der Waals surface area contributed by atoms with Crippen LogP contribution in [0.1, 0.15) is 42.6 Å². The van der Waals surface area contributed by atoms with Gasteiger partial charge in [-0.2, -0.15) is 18.3 Å². The van der Waals surface area contributed by atoms with Crippen LogP contribution in [-0.4, -0.2) is 107 Å². The number of benzene rings is 2. The van der Waals surface area contributed by atoms with Crippen molar-refractivity contribution in [2.45, 2.75) is 51.2 Å². The predicted octanol–water partition coefficient (Wildman–Crippen LogP) is 5.40. The maximum absolute atomic E-state index is 13.9. The number of H-pyrrole nitrogens is 1. The van der Waals surface area contributed by atoms with E-state index in [1.54, 1.807) is 6.20 Å². The molecule has 10 nitrogen and oxygen atoms in total. The maximum Gasteiger partial charge on any atom is 0.422 e. The average Bonchev–Trinajstić information content (AvgIpc) is 3.50. The van der Waals surface area contributed by atoms with E-state index in [9.17, 15) is 18.0 Å². The number of aromatic amines is 1. The van der Waals surface area contributed by atoms with Crippen LogP contribution in [0.2, 0.25) is 0 Å². The molecule has 1 spiro atoms. The molecule has 8 rings (SSSR count). The number of likely N-dealkylation sites (tertiary alicyclic amines) is 2. The zero-order valence-corrected chi connectivity index (χ0v) is 27.8. The monoisotopic (exact) mass is 675 g/mol. The number of halogens is 3. The average molecular weight is 676 g/mol. The molecule has 258 valence electrons. The first-order chi connectivity index (χ1) is 23.6. The van der Waals surface area contributed by atoms with Crippen molar-refractivity contribution in [3.8, 4) is 16.9 Å². The van der Waals surface area contributed by atoms with Crippen LogP contribution >= 0.6 is 0 Å². The summed E-state index contributed by atoms with van der Waals surface area (Å²) in [4.78, 5) is 28.9. The van der Waals surface area contributed by atoms with E-state index in [1.165, 1.54) is 6.08 Å². The quantitative estimate of drug-likeness (QED) is 0.248. The van der Waals surface area contributed by atoms with E-state index in [1.807, 2.05) is 30.9 Å². The predicted molar refractivity (Wildman–Crippen MR) is 180 cm³/mol. The van der Waals surface area contributed by atoms with Crippen molar-refractivity contribution in [2.24, 2.45) is 5.41 Å². The standard InChI is InChI=1S/C36H40F3N7O3/c1-4-22-12-25-31(32(49-20-36(37,38)39)30(22)29-21(3)6-7-27-26(29)13-40-43-27)41-33(23-14-45(15-23)24-16-48-17-24)42-34(25)44-10-8-35(9-11-44)18-46(19-35)28(47)5-2/h5-7,12-13,23-24H,2,4,8-11,14-20H2,1,3H3,(H,40,43). The molecule has 2 aromatic carbocycles. The third-order valence-corrected chi connectivity index (χ3v) is 10.9. The number of aromatic nitrogens is 4. The number of nitrogens with zero attached hydrogens (tertiary/aromatic N) is 6. The number of hydrogen-bond donors (Lipinski definition) is 1. The molecule has 0 bridgehead atoms. The van der Waals surface area contributed by atoms with Crippen molar-refractivity contribution in [1.82, 2.24) is 30.0 Å². The number of anilines is 1. The molecule has 1 amide bonds. The van der Waals surface area contributed by atoms with Crippen molar-refractivity contribution in [2.75, 3.05) is 64.0 Å². The zero-order chi connectivity index (χ0) is 34.1. The third kappa shape index (κ3) is 5.60. The number of piperidine rings is 1. The van der Waals surface area contributed by atoms with Gasteiger partial charge in [-0.3, -0.25) is 14.8 Å². The number of rotatable bonds is 8. The van der Waals surface area contributed by atoms with Crippen LogP contribution in [0.3, 0.4) is 0 Å². The molecule has 4 aliphatic heterocycles. The van der Waals surface area contributed by atoms with Crippen LogP contribution in [0.5, 0.6) is 5.75 Å². The van der Waals surface area contributed by atoms with Gasteiger partial charge in [0.2, 0.25) is 5.91 Å². The molecule has 1 N–H and O–H groups in total. The van der Waals surface area contributed by atoms with Crippen molar-refractivity contribution in [1.29, 1.82) is 0 Å². The summed E-state index contributed by atoms with van der Waals surface area (Å²) in [6.45, 7) is 11.9. The van der Waals surface area contributed by atoms with E-state index in [2.05, 4.69) is 32.6 Å². The van der Waals surface area contributed by atoms with E-state index < -0.39 is 12.8 Å². The molecule has 4 saturated heterocycles. The Labute approximate surface area is 282 Å². The van der Waals surface area contributed by atoms with Gasteiger partial charge in [0.25, 0.3) is 0 Å². The van der Waals surface area contributed by atoms with Gasteiger partial charge in [0.1, 0.15) is 17.2 Å². The highest BCUT2D eigenvalue weighted by atomic mass is 19.4. The Bertz CT molecular complexity index is 1930. The Kier molecular flexibility index (Phi) is 7.82. The fraction of sp³-hybridized carbons (Fsp3) is 0.500. The number of aryl methyl sites for hydroxylation is 2. The second kappa shape index (κ2) is 12.0. The highest BCUT2D eigenvalue weighted by Gasteiger charge is 2.47. The van der Waals surface area contributed by atoms with Gasteiger partial charge in [-0.15, -0.1) is 0 Å². The molecule has 0 aliphatic carbocycles. The van der Waals surface area contributed by atoms with Gasteiger partial charge >= 0.3 is 6.18 Å². The summed E-state index contributed by atoms with van der Waals surface area (Å²) in [5.74, 6) is 1.47. The summed E-state index contributed by atoms with van der Waals surface area (Å²) in [5, 5.41) is 8.76. The van der Waals surface area contributed by atoms with E-state index in [4.69, 9.17) is 19.4 Å². The lowest BCUT2D eigenvalue weighted by Crippen LogP contribution is -2.61. The van der Waals surface area contributed by atoms with Crippen LogP contribution in [-0.2, 0) is 16.0 Å². The highest BCUT2D eigenvalue weighted by Crippen LogP contribution is 2.48. The minimum absolute atomic E-state index is 0.0359. The van der Waals surface area contributed by atoms with Crippen LogP contribution in [0, 0.1) is 12.3 Å². The molecule has 4 aromatic rings. The van der Waals surface area contributed by atoms with E-state index in [0.29, 0.717) is 74.1 Å². The fourth-order valence-corrected chi connectivity index (χ4v) is 7.99. The minimum Gasteiger partial charge on any atom is -0.481 e. The van der Waals surface area contributed by atoms with Gasteiger partial charge < -0.3 is 19.3 Å². The second-order valence-electron chi connectivity index (χ2n) is 14.1. The van der Waals surface area contributed by atoms with Gasteiger partial charge in [0, 0.05) is 66.9 Å². The first-order valence-corrected chi connectivity index (χ1v) is 17.0. The molecule has 0 saturated carbocycles. The summed E-state index contributed by atoms with van der Waals surface area (Å²) in [6.07, 6.45) is 0.845. The summed E-state index contributed by atoms with van der Waals surface area (Å²) in [6, 6.07) is 6.31. The number of ether oxygens (including phenoxy) is 2. The second-order valence-corrected chi connectivity index (χ2v) is 14.1. The first kappa shape index (κ1) is 32.0. The number of carbonyl (C=O) groups excluding carboxylic acids is 1. The molecular formula is C36H40F3N7O3. The number of fused-ring (bicyclic) bond motifs is 2. The Morgan fingerprint density at radius 3 is 2.55 bits per heavy atom. The lowest BCUT2D eigenvalue weighted by Gasteiger charge is -2.54. The molecule has 4 fully saturated rings. The topological polar surface area (TPSA) is 99.7 Å². The normalized spacial score (nSPS) is 20.0. The van der Waals surface area contributed by atoms with E-state index in [0.717, 1.165) is 59.3 Å². The van der Waals surface area contributed by atoms with Crippen molar-refractivity contribution in [3.05, 3.63) is 54.0 Å². The van der Waals surface area contributed by atoms with Gasteiger partial charge in [-0.05, 0) is 61.1 Å². The zero-order valence-electron chi connectivity index (χ0n) is 27.8. The first-order valence-electron chi connectivity index (χ1n) is 17.0. The lowest BCUT2D eigenvalue weighted by molar-refractivity contribution is -0.153. The Morgan fingerprint density at radius 2 is 1.90 bits per heavy atom. The van der Waals surface area contributed by atoms with Crippen LogP contribution in [0.15, 0.2) is 37.1 Å². The SMILES string of the molecule is C=CC(=O)N1CC2(CCN(c3nc(C4CN(C5COC5)C4)nc4c(OCC(F)(F)F)c(-c5c(C)ccc6[nH]ncc56)c(CC)cc34)CC2)C1. The molecule has 13 heteroatoms. The summed E-state index contributed by atoms with van der Waals surface area (Å²) < 4.78 is 53.1. The van der Waals surface area contributed by atoms with E-state index in [-0.39, 0.29) is 23.0 Å². The van der Waals surface area contributed by atoms with Crippen LogP contribution in [0.4, 0.5) is 19.0 Å². The smallest absolute Gasteiger partial charge is 0.422 e. The Balaban J connectivity index is 1.27.